The number of likely N-dealkylation sites (tertiary alicyclic amines) is 1. The summed E-state index contributed by atoms with van der Waals surface area (Å²) in [5.41, 5.74) is 0.879. The minimum absolute atomic E-state index is 0.0122. The Bertz CT molecular complexity index is 456. The van der Waals surface area contributed by atoms with Crippen LogP contribution in [0.5, 0.6) is 0 Å². The molecule has 1 saturated heterocycles. The molecule has 1 aliphatic rings. The summed E-state index contributed by atoms with van der Waals surface area (Å²) in [4.78, 5) is 32.8. The molecule has 0 aromatic carbocycles. The Labute approximate surface area is 119 Å². The SMILES string of the molecule is CC(C)C(=O)N1CCCC(C(=O)NCc2cnc[nH]2)C1. The van der Waals surface area contributed by atoms with E-state index in [0.717, 1.165) is 25.1 Å². The van der Waals surface area contributed by atoms with Crippen LogP contribution in [0.4, 0.5) is 0 Å². The highest BCUT2D eigenvalue weighted by Crippen LogP contribution is 2.18. The van der Waals surface area contributed by atoms with Crippen LogP contribution in [-0.4, -0.2) is 39.8 Å². The highest BCUT2D eigenvalue weighted by molar-refractivity contribution is 5.82. The van der Waals surface area contributed by atoms with Gasteiger partial charge >= 0.3 is 0 Å². The number of aromatic nitrogens is 2. The molecule has 0 radical (unpaired) electrons. The maximum Gasteiger partial charge on any atom is 0.225 e. The minimum Gasteiger partial charge on any atom is -0.350 e. The van der Waals surface area contributed by atoms with Crippen LogP contribution in [0, 0.1) is 11.8 Å². The lowest BCUT2D eigenvalue weighted by molar-refractivity contribution is -0.138. The van der Waals surface area contributed by atoms with Gasteiger partial charge in [0.05, 0.1) is 24.5 Å². The Kier molecular flexibility index (Phi) is 4.76. The van der Waals surface area contributed by atoms with E-state index < -0.39 is 0 Å². The molecule has 0 spiro atoms. The van der Waals surface area contributed by atoms with Gasteiger partial charge in [-0.25, -0.2) is 4.98 Å². The number of aromatic amines is 1. The van der Waals surface area contributed by atoms with Crippen LogP contribution in [0.3, 0.4) is 0 Å². The van der Waals surface area contributed by atoms with E-state index in [2.05, 4.69) is 15.3 Å². The lowest BCUT2D eigenvalue weighted by Gasteiger charge is -2.33. The lowest BCUT2D eigenvalue weighted by Crippen LogP contribution is -2.46. The van der Waals surface area contributed by atoms with Gasteiger partial charge in [0.1, 0.15) is 0 Å². The molecule has 0 saturated carbocycles. The molecule has 2 rings (SSSR count). The first-order chi connectivity index (χ1) is 9.58. The number of nitrogens with one attached hydrogen (secondary N) is 2. The monoisotopic (exact) mass is 278 g/mol. The molecule has 2 heterocycles. The molecule has 6 heteroatoms. The summed E-state index contributed by atoms with van der Waals surface area (Å²) < 4.78 is 0. The van der Waals surface area contributed by atoms with Crippen LogP contribution < -0.4 is 5.32 Å². The molecule has 2 N–H and O–H groups in total. The summed E-state index contributed by atoms with van der Waals surface area (Å²) in [6, 6.07) is 0. The van der Waals surface area contributed by atoms with Crippen molar-refractivity contribution in [2.75, 3.05) is 13.1 Å². The van der Waals surface area contributed by atoms with Crippen molar-refractivity contribution in [2.45, 2.75) is 33.2 Å². The largest absolute Gasteiger partial charge is 0.350 e. The van der Waals surface area contributed by atoms with Crippen LogP contribution in [0.15, 0.2) is 12.5 Å². The van der Waals surface area contributed by atoms with Crippen molar-refractivity contribution < 1.29 is 9.59 Å². The number of imidazole rings is 1. The van der Waals surface area contributed by atoms with Gasteiger partial charge in [-0.1, -0.05) is 13.8 Å². The zero-order chi connectivity index (χ0) is 14.5. The fourth-order valence-corrected chi connectivity index (χ4v) is 2.46. The van der Waals surface area contributed by atoms with E-state index in [1.165, 1.54) is 0 Å². The van der Waals surface area contributed by atoms with E-state index in [0.29, 0.717) is 13.1 Å². The fraction of sp³-hybridized carbons (Fsp3) is 0.643. The van der Waals surface area contributed by atoms with E-state index in [4.69, 9.17) is 0 Å². The first kappa shape index (κ1) is 14.6. The maximum absolute atomic E-state index is 12.1. The Morgan fingerprint density at radius 3 is 3.00 bits per heavy atom. The number of hydrogen-bond donors (Lipinski definition) is 2. The van der Waals surface area contributed by atoms with Crippen molar-refractivity contribution in [3.05, 3.63) is 18.2 Å². The normalized spacial score (nSPS) is 19.1. The van der Waals surface area contributed by atoms with Gasteiger partial charge in [-0.3, -0.25) is 9.59 Å². The molecule has 0 bridgehead atoms. The number of piperidine rings is 1. The fourth-order valence-electron chi connectivity index (χ4n) is 2.46. The quantitative estimate of drug-likeness (QED) is 0.859. The third-order valence-corrected chi connectivity index (χ3v) is 3.61. The number of carbonyl (C=O) groups is 2. The molecule has 1 aromatic heterocycles. The molecule has 1 fully saturated rings. The van der Waals surface area contributed by atoms with Crippen molar-refractivity contribution in [1.29, 1.82) is 0 Å². The second-order valence-corrected chi connectivity index (χ2v) is 5.57. The van der Waals surface area contributed by atoms with Crippen LogP contribution >= 0.6 is 0 Å². The second kappa shape index (κ2) is 6.54. The van der Waals surface area contributed by atoms with Gasteiger partial charge in [-0.05, 0) is 12.8 Å². The van der Waals surface area contributed by atoms with E-state index in [-0.39, 0.29) is 23.7 Å². The average molecular weight is 278 g/mol. The highest BCUT2D eigenvalue weighted by Gasteiger charge is 2.29. The van der Waals surface area contributed by atoms with Crippen molar-refractivity contribution in [3.8, 4) is 0 Å². The summed E-state index contributed by atoms with van der Waals surface area (Å²) in [6.07, 6.45) is 5.01. The zero-order valence-electron chi connectivity index (χ0n) is 12.1. The molecule has 1 unspecified atom stereocenters. The Balaban J connectivity index is 1.85. The number of carbonyl (C=O) groups excluding carboxylic acids is 2. The first-order valence-electron chi connectivity index (χ1n) is 7.11. The number of nitrogens with zero attached hydrogens (tertiary/aromatic N) is 2. The molecule has 20 heavy (non-hydrogen) atoms. The number of H-pyrrole nitrogens is 1. The Morgan fingerprint density at radius 1 is 1.55 bits per heavy atom. The summed E-state index contributed by atoms with van der Waals surface area (Å²) in [5, 5.41) is 2.90. The predicted molar refractivity (Wildman–Crippen MR) is 74.6 cm³/mol. The van der Waals surface area contributed by atoms with E-state index >= 15 is 0 Å². The zero-order valence-corrected chi connectivity index (χ0v) is 12.1. The number of rotatable bonds is 4. The smallest absolute Gasteiger partial charge is 0.225 e. The van der Waals surface area contributed by atoms with Gasteiger partial charge in [0, 0.05) is 25.2 Å². The molecule has 0 aliphatic carbocycles. The molecule has 1 aliphatic heterocycles. The standard InChI is InChI=1S/C14H22N4O2/c1-10(2)14(20)18-5-3-4-11(8-18)13(19)16-7-12-6-15-9-17-12/h6,9-11H,3-5,7-8H2,1-2H3,(H,15,17)(H,16,19). The third kappa shape index (κ3) is 3.59. The molecular formula is C14H22N4O2. The lowest BCUT2D eigenvalue weighted by atomic mass is 9.96. The Morgan fingerprint density at radius 2 is 2.35 bits per heavy atom. The van der Waals surface area contributed by atoms with Crippen molar-refractivity contribution in [1.82, 2.24) is 20.2 Å². The molecule has 110 valence electrons. The van der Waals surface area contributed by atoms with Crippen LogP contribution in [0.25, 0.3) is 0 Å². The number of hydrogen-bond acceptors (Lipinski definition) is 3. The first-order valence-corrected chi connectivity index (χ1v) is 7.11. The van der Waals surface area contributed by atoms with E-state index in [1.54, 1.807) is 12.5 Å². The molecule has 6 nitrogen and oxygen atoms in total. The molecule has 1 aromatic rings. The van der Waals surface area contributed by atoms with Crippen molar-refractivity contribution >= 4 is 11.8 Å². The highest BCUT2D eigenvalue weighted by atomic mass is 16.2. The summed E-state index contributed by atoms with van der Waals surface area (Å²) in [5.74, 6) is 0.0353. The molecule has 2 amide bonds. The maximum atomic E-state index is 12.1. The number of amides is 2. The summed E-state index contributed by atoms with van der Waals surface area (Å²) in [7, 11) is 0. The van der Waals surface area contributed by atoms with E-state index in [1.807, 2.05) is 18.7 Å². The van der Waals surface area contributed by atoms with Gasteiger partial charge in [-0.2, -0.15) is 0 Å². The third-order valence-electron chi connectivity index (χ3n) is 3.61. The predicted octanol–water partition coefficient (Wildman–Crippen LogP) is 0.920. The topological polar surface area (TPSA) is 78.1 Å². The second-order valence-electron chi connectivity index (χ2n) is 5.57. The average Bonchev–Trinajstić information content (AvgIpc) is 2.97. The molecular weight excluding hydrogens is 256 g/mol. The van der Waals surface area contributed by atoms with Gasteiger partial charge < -0.3 is 15.2 Å². The summed E-state index contributed by atoms with van der Waals surface area (Å²) >= 11 is 0. The Hall–Kier alpha value is -1.85. The molecule has 1 atom stereocenters. The van der Waals surface area contributed by atoms with Gasteiger partial charge in [-0.15, -0.1) is 0 Å². The van der Waals surface area contributed by atoms with Gasteiger partial charge in [0.15, 0.2) is 0 Å². The van der Waals surface area contributed by atoms with Crippen molar-refractivity contribution in [3.63, 3.8) is 0 Å². The van der Waals surface area contributed by atoms with Gasteiger partial charge in [0.25, 0.3) is 0 Å². The van der Waals surface area contributed by atoms with Crippen LogP contribution in [0.2, 0.25) is 0 Å². The minimum atomic E-state index is -0.102. The van der Waals surface area contributed by atoms with Crippen molar-refractivity contribution in [2.24, 2.45) is 11.8 Å². The van der Waals surface area contributed by atoms with E-state index in [9.17, 15) is 9.59 Å². The van der Waals surface area contributed by atoms with Crippen LogP contribution in [-0.2, 0) is 16.1 Å². The summed E-state index contributed by atoms with van der Waals surface area (Å²) in [6.45, 7) is 5.54. The van der Waals surface area contributed by atoms with Crippen LogP contribution in [0.1, 0.15) is 32.4 Å². The van der Waals surface area contributed by atoms with Gasteiger partial charge in [0.2, 0.25) is 11.8 Å².